The molecule has 2 aliphatic rings. The Labute approximate surface area is 135 Å². The topological polar surface area (TPSA) is 15.3 Å². The Balaban J connectivity index is 1.93. The molecular formula is C16H22BrClN2. The molecule has 2 nitrogen and oxygen atoms in total. The van der Waals surface area contributed by atoms with Crippen LogP contribution in [-0.4, -0.2) is 24.7 Å². The molecule has 1 spiro atoms. The van der Waals surface area contributed by atoms with Crippen LogP contribution in [0.4, 0.5) is 5.69 Å². The fourth-order valence-electron chi connectivity index (χ4n) is 3.58. The van der Waals surface area contributed by atoms with Gasteiger partial charge in [0.25, 0.3) is 0 Å². The molecule has 4 heteroatoms. The van der Waals surface area contributed by atoms with Gasteiger partial charge in [0.05, 0.1) is 5.69 Å². The molecule has 1 aliphatic carbocycles. The maximum absolute atomic E-state index is 6.34. The third kappa shape index (κ3) is 2.60. The summed E-state index contributed by atoms with van der Waals surface area (Å²) < 4.78 is 1.15. The number of benzene rings is 1. The van der Waals surface area contributed by atoms with Gasteiger partial charge in [-0.25, -0.2) is 0 Å². The smallest absolute Gasteiger partial charge is 0.0529 e. The number of nitrogens with zero attached hydrogens (tertiary/aromatic N) is 1. The highest BCUT2D eigenvalue weighted by molar-refractivity contribution is 9.10. The Hall–Kier alpha value is -0.250. The summed E-state index contributed by atoms with van der Waals surface area (Å²) in [4.78, 5) is 2.53. The molecule has 1 saturated carbocycles. The van der Waals surface area contributed by atoms with Crippen LogP contribution in [0.2, 0.25) is 5.02 Å². The van der Waals surface area contributed by atoms with Crippen LogP contribution in [0.3, 0.4) is 0 Å². The Morgan fingerprint density at radius 2 is 2.05 bits per heavy atom. The van der Waals surface area contributed by atoms with Crippen molar-refractivity contribution < 1.29 is 0 Å². The summed E-state index contributed by atoms with van der Waals surface area (Å²) >= 11 is 10.1. The van der Waals surface area contributed by atoms with Gasteiger partial charge in [-0.15, -0.1) is 0 Å². The van der Waals surface area contributed by atoms with Gasteiger partial charge >= 0.3 is 0 Å². The van der Waals surface area contributed by atoms with E-state index < -0.39 is 0 Å². The van der Waals surface area contributed by atoms with Crippen molar-refractivity contribution in [3.63, 3.8) is 0 Å². The third-order valence-electron chi connectivity index (χ3n) is 4.88. The first kappa shape index (κ1) is 14.7. The van der Waals surface area contributed by atoms with E-state index in [1.54, 1.807) is 0 Å². The molecule has 1 unspecified atom stereocenters. The fraction of sp³-hybridized carbons (Fsp3) is 0.625. The molecule has 0 bridgehead atoms. The lowest BCUT2D eigenvalue weighted by molar-refractivity contribution is 0.276. The van der Waals surface area contributed by atoms with Crippen LogP contribution in [-0.2, 0) is 0 Å². The first-order valence-electron chi connectivity index (χ1n) is 7.48. The Bertz CT molecular complexity index is 511. The summed E-state index contributed by atoms with van der Waals surface area (Å²) in [5.41, 5.74) is 2.69. The molecule has 20 heavy (non-hydrogen) atoms. The van der Waals surface area contributed by atoms with Gasteiger partial charge in [0.2, 0.25) is 0 Å². The average Bonchev–Trinajstić information content (AvgIpc) is 2.86. The highest BCUT2D eigenvalue weighted by Gasteiger charge is 2.40. The van der Waals surface area contributed by atoms with E-state index in [2.05, 4.69) is 52.1 Å². The zero-order chi connectivity index (χ0) is 14.3. The van der Waals surface area contributed by atoms with E-state index in [1.807, 2.05) is 0 Å². The molecule has 0 amide bonds. The number of hydrogen-bond donors (Lipinski definition) is 1. The lowest BCUT2D eigenvalue weighted by Gasteiger charge is -2.47. The molecule has 1 aliphatic heterocycles. The summed E-state index contributed by atoms with van der Waals surface area (Å²) in [6.07, 6.45) is 5.30. The number of nitrogens with one attached hydrogen (secondary N) is 1. The van der Waals surface area contributed by atoms with E-state index in [9.17, 15) is 0 Å². The van der Waals surface area contributed by atoms with Crippen molar-refractivity contribution in [2.45, 2.75) is 51.1 Å². The minimum Gasteiger partial charge on any atom is -0.365 e. The molecule has 0 aromatic heterocycles. The lowest BCUT2D eigenvalue weighted by atomic mass is 9.92. The highest BCUT2D eigenvalue weighted by atomic mass is 79.9. The number of piperazine rings is 1. The minimum atomic E-state index is 0.323. The Kier molecular flexibility index (Phi) is 4.04. The minimum absolute atomic E-state index is 0.323. The number of rotatable bonds is 1. The predicted molar refractivity (Wildman–Crippen MR) is 89.9 cm³/mol. The van der Waals surface area contributed by atoms with Crippen LogP contribution in [0.5, 0.6) is 0 Å². The van der Waals surface area contributed by atoms with Crippen molar-refractivity contribution in [3.8, 4) is 0 Å². The van der Waals surface area contributed by atoms with Crippen LogP contribution in [0.25, 0.3) is 0 Å². The number of anilines is 1. The van der Waals surface area contributed by atoms with Crippen molar-refractivity contribution in [2.75, 3.05) is 18.0 Å². The summed E-state index contributed by atoms with van der Waals surface area (Å²) in [7, 11) is 0. The van der Waals surface area contributed by atoms with Gasteiger partial charge in [-0.05, 0) is 60.3 Å². The molecule has 110 valence electrons. The van der Waals surface area contributed by atoms with Crippen molar-refractivity contribution in [1.82, 2.24) is 5.32 Å². The predicted octanol–water partition coefficient (Wildman–Crippen LogP) is 4.52. The van der Waals surface area contributed by atoms with E-state index in [1.165, 1.54) is 31.4 Å². The van der Waals surface area contributed by atoms with Crippen LogP contribution in [0.15, 0.2) is 16.6 Å². The van der Waals surface area contributed by atoms with Crippen LogP contribution in [0.1, 0.15) is 38.2 Å². The SMILES string of the molecule is Cc1cc(Br)c(N2CC3(CCCC3)NCC2C)cc1Cl. The average molecular weight is 358 g/mol. The maximum atomic E-state index is 6.34. The van der Waals surface area contributed by atoms with Crippen LogP contribution in [0, 0.1) is 6.92 Å². The largest absolute Gasteiger partial charge is 0.365 e. The van der Waals surface area contributed by atoms with Gasteiger partial charge in [0.1, 0.15) is 0 Å². The second-order valence-electron chi connectivity index (χ2n) is 6.40. The van der Waals surface area contributed by atoms with Gasteiger partial charge in [0.15, 0.2) is 0 Å². The van der Waals surface area contributed by atoms with E-state index in [0.29, 0.717) is 11.6 Å². The second kappa shape index (κ2) is 5.51. The van der Waals surface area contributed by atoms with Crippen molar-refractivity contribution >= 4 is 33.2 Å². The number of halogens is 2. The fourth-order valence-corrected chi connectivity index (χ4v) is 4.42. The second-order valence-corrected chi connectivity index (χ2v) is 7.66. The normalized spacial score (nSPS) is 25.4. The summed E-state index contributed by atoms with van der Waals surface area (Å²) in [5, 5.41) is 4.66. The third-order valence-corrected chi connectivity index (χ3v) is 5.92. The van der Waals surface area contributed by atoms with Crippen molar-refractivity contribution in [2.24, 2.45) is 0 Å². The zero-order valence-corrected chi connectivity index (χ0v) is 14.5. The Morgan fingerprint density at radius 1 is 1.35 bits per heavy atom. The van der Waals surface area contributed by atoms with Crippen LogP contribution >= 0.6 is 27.5 Å². The van der Waals surface area contributed by atoms with Crippen molar-refractivity contribution in [3.05, 3.63) is 27.2 Å². The molecule has 1 atom stereocenters. The van der Waals surface area contributed by atoms with E-state index in [0.717, 1.165) is 28.1 Å². The molecule has 1 saturated heterocycles. The molecule has 2 fully saturated rings. The van der Waals surface area contributed by atoms with E-state index in [4.69, 9.17) is 11.6 Å². The summed E-state index contributed by atoms with van der Waals surface area (Å²) in [6, 6.07) is 4.75. The molecule has 1 N–H and O–H groups in total. The zero-order valence-electron chi connectivity index (χ0n) is 12.2. The van der Waals surface area contributed by atoms with Gasteiger partial charge in [-0.2, -0.15) is 0 Å². The van der Waals surface area contributed by atoms with Crippen LogP contribution < -0.4 is 10.2 Å². The monoisotopic (exact) mass is 356 g/mol. The molecule has 1 aromatic rings. The van der Waals surface area contributed by atoms with Crippen molar-refractivity contribution in [1.29, 1.82) is 0 Å². The highest BCUT2D eigenvalue weighted by Crippen LogP contribution is 2.38. The van der Waals surface area contributed by atoms with Gasteiger partial charge in [-0.1, -0.05) is 24.4 Å². The van der Waals surface area contributed by atoms with E-state index in [-0.39, 0.29) is 0 Å². The molecule has 3 rings (SSSR count). The number of hydrogen-bond acceptors (Lipinski definition) is 2. The molecular weight excluding hydrogens is 336 g/mol. The van der Waals surface area contributed by atoms with Gasteiger partial charge < -0.3 is 10.2 Å². The summed E-state index contributed by atoms with van der Waals surface area (Å²) in [5.74, 6) is 0. The Morgan fingerprint density at radius 3 is 2.75 bits per heavy atom. The first-order valence-corrected chi connectivity index (χ1v) is 8.65. The molecule has 0 radical (unpaired) electrons. The lowest BCUT2D eigenvalue weighted by Crippen LogP contribution is -2.62. The first-order chi connectivity index (χ1) is 9.51. The van der Waals surface area contributed by atoms with E-state index >= 15 is 0 Å². The standard InChI is InChI=1S/C16H22BrClN2/c1-11-7-13(17)15(8-14(11)18)20-10-16(5-3-4-6-16)19-9-12(20)2/h7-8,12,19H,3-6,9-10H2,1-2H3. The molecule has 1 heterocycles. The van der Waals surface area contributed by atoms with Gasteiger partial charge in [-0.3, -0.25) is 0 Å². The number of aryl methyl sites for hydroxylation is 1. The molecule has 1 aromatic carbocycles. The maximum Gasteiger partial charge on any atom is 0.0529 e. The van der Waals surface area contributed by atoms with Gasteiger partial charge in [0, 0.05) is 34.2 Å². The summed E-state index contributed by atoms with van der Waals surface area (Å²) in [6.45, 7) is 6.48. The quantitative estimate of drug-likeness (QED) is 0.795.